The van der Waals surface area contributed by atoms with Gasteiger partial charge in [0.2, 0.25) is 0 Å². The zero-order chi connectivity index (χ0) is 15.0. The summed E-state index contributed by atoms with van der Waals surface area (Å²) in [7, 11) is 0. The molecule has 0 saturated heterocycles. The smallest absolute Gasteiger partial charge is 0.327 e. The minimum atomic E-state index is -4.19. The number of benzene rings is 1. The SMILES string of the molecule is [N-]=[N+]=N[C@@H](CCCC(F)(F)F)C(N)Cc1ccccc1. The number of nitrogens with two attached hydrogens (primary N) is 1. The molecular formula is C13H17F3N4. The Morgan fingerprint density at radius 1 is 1.25 bits per heavy atom. The van der Waals surface area contributed by atoms with Crippen molar-refractivity contribution in [2.45, 2.75) is 43.9 Å². The molecule has 7 heteroatoms. The molecule has 110 valence electrons. The summed E-state index contributed by atoms with van der Waals surface area (Å²) in [5.41, 5.74) is 15.4. The molecule has 0 amide bonds. The summed E-state index contributed by atoms with van der Waals surface area (Å²) in [6, 6.07) is 8.22. The molecule has 0 bridgehead atoms. The summed E-state index contributed by atoms with van der Waals surface area (Å²) >= 11 is 0. The molecule has 0 aliphatic rings. The molecular weight excluding hydrogens is 269 g/mol. The van der Waals surface area contributed by atoms with Crippen molar-refractivity contribution < 1.29 is 13.2 Å². The van der Waals surface area contributed by atoms with Gasteiger partial charge in [-0.2, -0.15) is 13.2 Å². The first kappa shape index (κ1) is 16.3. The van der Waals surface area contributed by atoms with Crippen molar-refractivity contribution >= 4 is 0 Å². The summed E-state index contributed by atoms with van der Waals surface area (Å²) in [5.74, 6) is 0. The van der Waals surface area contributed by atoms with Crippen molar-refractivity contribution in [1.82, 2.24) is 0 Å². The van der Waals surface area contributed by atoms with Crippen LogP contribution in [-0.2, 0) is 6.42 Å². The van der Waals surface area contributed by atoms with E-state index >= 15 is 0 Å². The third kappa shape index (κ3) is 6.45. The van der Waals surface area contributed by atoms with E-state index < -0.39 is 24.7 Å². The van der Waals surface area contributed by atoms with Gasteiger partial charge >= 0.3 is 6.18 Å². The van der Waals surface area contributed by atoms with E-state index in [4.69, 9.17) is 11.3 Å². The highest BCUT2D eigenvalue weighted by atomic mass is 19.4. The van der Waals surface area contributed by atoms with E-state index in [0.29, 0.717) is 6.42 Å². The lowest BCUT2D eigenvalue weighted by Gasteiger charge is -2.19. The molecule has 0 aromatic heterocycles. The lowest BCUT2D eigenvalue weighted by Crippen LogP contribution is -2.35. The minimum absolute atomic E-state index is 0.0876. The fraction of sp³-hybridized carbons (Fsp3) is 0.538. The number of rotatable bonds is 7. The Labute approximate surface area is 115 Å². The summed E-state index contributed by atoms with van der Waals surface area (Å²) in [6.07, 6.45) is -4.56. The van der Waals surface area contributed by atoms with Crippen molar-refractivity contribution in [1.29, 1.82) is 0 Å². The molecule has 0 aliphatic carbocycles. The highest BCUT2D eigenvalue weighted by molar-refractivity contribution is 5.16. The van der Waals surface area contributed by atoms with Crippen LogP contribution in [0.15, 0.2) is 35.4 Å². The van der Waals surface area contributed by atoms with Gasteiger partial charge in [0, 0.05) is 17.4 Å². The molecule has 4 nitrogen and oxygen atoms in total. The molecule has 0 heterocycles. The zero-order valence-corrected chi connectivity index (χ0v) is 10.9. The molecule has 0 radical (unpaired) electrons. The Kier molecular flexibility index (Phi) is 6.35. The molecule has 20 heavy (non-hydrogen) atoms. The molecule has 1 unspecified atom stereocenters. The van der Waals surface area contributed by atoms with Crippen molar-refractivity contribution in [3.05, 3.63) is 46.3 Å². The molecule has 0 aliphatic heterocycles. The van der Waals surface area contributed by atoms with Gasteiger partial charge in [0.15, 0.2) is 0 Å². The average molecular weight is 286 g/mol. The number of halogens is 3. The van der Waals surface area contributed by atoms with E-state index in [2.05, 4.69) is 10.0 Å². The van der Waals surface area contributed by atoms with E-state index in [1.54, 1.807) is 0 Å². The van der Waals surface area contributed by atoms with Gasteiger partial charge in [-0.1, -0.05) is 35.4 Å². The van der Waals surface area contributed by atoms with Crippen LogP contribution < -0.4 is 5.73 Å². The second-order valence-corrected chi connectivity index (χ2v) is 4.63. The van der Waals surface area contributed by atoms with Gasteiger partial charge in [0.05, 0.1) is 6.04 Å². The normalized spacial score (nSPS) is 14.4. The van der Waals surface area contributed by atoms with E-state index in [1.807, 2.05) is 30.3 Å². The predicted octanol–water partition coefficient (Wildman–Crippen LogP) is 3.97. The Morgan fingerprint density at radius 2 is 1.90 bits per heavy atom. The van der Waals surface area contributed by atoms with E-state index in [0.717, 1.165) is 5.56 Å². The van der Waals surface area contributed by atoms with Crippen LogP contribution in [0.25, 0.3) is 10.4 Å². The van der Waals surface area contributed by atoms with Gasteiger partial charge in [0.25, 0.3) is 0 Å². The predicted molar refractivity (Wildman–Crippen MR) is 71.0 cm³/mol. The van der Waals surface area contributed by atoms with Crippen molar-refractivity contribution in [2.24, 2.45) is 10.8 Å². The Hall–Kier alpha value is -1.72. The first-order chi connectivity index (χ1) is 9.42. The molecule has 2 atom stereocenters. The van der Waals surface area contributed by atoms with Gasteiger partial charge < -0.3 is 5.73 Å². The third-order valence-electron chi connectivity index (χ3n) is 2.97. The highest BCUT2D eigenvalue weighted by Crippen LogP contribution is 2.24. The third-order valence-corrected chi connectivity index (χ3v) is 2.97. The lowest BCUT2D eigenvalue weighted by molar-refractivity contribution is -0.135. The van der Waals surface area contributed by atoms with Crippen LogP contribution in [-0.4, -0.2) is 18.3 Å². The van der Waals surface area contributed by atoms with E-state index in [-0.39, 0.29) is 12.8 Å². The van der Waals surface area contributed by atoms with Crippen LogP contribution in [0.5, 0.6) is 0 Å². The second-order valence-electron chi connectivity index (χ2n) is 4.63. The van der Waals surface area contributed by atoms with Crippen LogP contribution in [0.1, 0.15) is 24.8 Å². The number of azide groups is 1. The molecule has 0 spiro atoms. The maximum absolute atomic E-state index is 12.1. The number of hydrogen-bond acceptors (Lipinski definition) is 2. The average Bonchev–Trinajstić information content (AvgIpc) is 2.37. The first-order valence-electron chi connectivity index (χ1n) is 6.33. The van der Waals surface area contributed by atoms with Gasteiger partial charge in [-0.25, -0.2) is 0 Å². The fourth-order valence-corrected chi connectivity index (χ4v) is 1.96. The molecule has 0 fully saturated rings. The Balaban J connectivity index is 2.54. The van der Waals surface area contributed by atoms with Crippen LogP contribution in [0, 0.1) is 0 Å². The van der Waals surface area contributed by atoms with Crippen molar-refractivity contribution in [3.8, 4) is 0 Å². The van der Waals surface area contributed by atoms with E-state index in [9.17, 15) is 13.2 Å². The van der Waals surface area contributed by atoms with Crippen LogP contribution in [0.3, 0.4) is 0 Å². The van der Waals surface area contributed by atoms with Gasteiger partial charge in [-0.05, 0) is 30.4 Å². The Morgan fingerprint density at radius 3 is 2.45 bits per heavy atom. The van der Waals surface area contributed by atoms with Crippen molar-refractivity contribution in [2.75, 3.05) is 0 Å². The largest absolute Gasteiger partial charge is 0.389 e. The Bertz CT molecular complexity index is 441. The number of hydrogen-bond donors (Lipinski definition) is 1. The topological polar surface area (TPSA) is 74.8 Å². The van der Waals surface area contributed by atoms with Gasteiger partial charge in [-0.15, -0.1) is 0 Å². The number of nitrogens with zero attached hydrogens (tertiary/aromatic N) is 3. The second kappa shape index (κ2) is 7.77. The van der Waals surface area contributed by atoms with Gasteiger partial charge in [0.1, 0.15) is 0 Å². The van der Waals surface area contributed by atoms with Gasteiger partial charge in [-0.3, -0.25) is 0 Å². The molecule has 1 rings (SSSR count). The van der Waals surface area contributed by atoms with E-state index in [1.165, 1.54) is 0 Å². The minimum Gasteiger partial charge on any atom is -0.327 e. The van der Waals surface area contributed by atoms with Crippen molar-refractivity contribution in [3.63, 3.8) is 0 Å². The summed E-state index contributed by atoms with van der Waals surface area (Å²) in [5, 5.41) is 3.53. The highest BCUT2D eigenvalue weighted by Gasteiger charge is 2.27. The lowest BCUT2D eigenvalue weighted by atomic mass is 9.97. The van der Waals surface area contributed by atoms with Crippen LogP contribution in [0.4, 0.5) is 13.2 Å². The summed E-state index contributed by atoms with van der Waals surface area (Å²) in [4.78, 5) is 2.68. The molecule has 0 saturated carbocycles. The quantitative estimate of drug-likeness (QED) is 0.459. The molecule has 1 aromatic rings. The molecule has 1 aromatic carbocycles. The van der Waals surface area contributed by atoms with Crippen LogP contribution in [0.2, 0.25) is 0 Å². The first-order valence-corrected chi connectivity index (χ1v) is 6.33. The summed E-state index contributed by atoms with van der Waals surface area (Å²) in [6.45, 7) is 0. The maximum atomic E-state index is 12.1. The maximum Gasteiger partial charge on any atom is 0.389 e. The fourth-order valence-electron chi connectivity index (χ4n) is 1.96. The standard InChI is InChI=1S/C13H17F3N4/c14-13(15,16)8-4-7-12(19-20-18)11(17)9-10-5-2-1-3-6-10/h1-3,5-6,11-12H,4,7-9,17H2/t11?,12-/m0/s1. The summed E-state index contributed by atoms with van der Waals surface area (Å²) < 4.78 is 36.3. The van der Waals surface area contributed by atoms with Crippen LogP contribution >= 0.6 is 0 Å². The number of alkyl halides is 3. The monoisotopic (exact) mass is 286 g/mol. The molecule has 2 N–H and O–H groups in total. The zero-order valence-electron chi connectivity index (χ0n) is 10.9.